The summed E-state index contributed by atoms with van der Waals surface area (Å²) in [6, 6.07) is 2.26. The topological polar surface area (TPSA) is 75.1 Å². The van der Waals surface area contributed by atoms with Crippen molar-refractivity contribution in [2.75, 3.05) is 7.05 Å². The molecule has 2 aromatic heterocycles. The lowest BCUT2D eigenvalue weighted by Crippen LogP contribution is -2.29. The molecule has 0 spiro atoms. The fraction of sp³-hybridized carbons (Fsp3) is 0.615. The maximum absolute atomic E-state index is 11.5. The number of nitrogens with zero attached hydrogens (tertiary/aromatic N) is 3. The maximum atomic E-state index is 11.5. The number of H-pyrrole nitrogens is 1. The third-order valence-electron chi connectivity index (χ3n) is 3.24. The van der Waals surface area contributed by atoms with Crippen molar-refractivity contribution < 1.29 is 0 Å². The summed E-state index contributed by atoms with van der Waals surface area (Å²) in [5, 5.41) is 9.76. The minimum Gasteiger partial charge on any atom is -0.317 e. The summed E-state index contributed by atoms with van der Waals surface area (Å²) < 4.78 is 1.49. The molecular formula is C13H21N5O. The van der Waals surface area contributed by atoms with Gasteiger partial charge in [0, 0.05) is 24.2 Å². The largest absolute Gasteiger partial charge is 0.349 e. The fourth-order valence-electron chi connectivity index (χ4n) is 2.39. The summed E-state index contributed by atoms with van der Waals surface area (Å²) in [6.45, 7) is 6.24. The van der Waals surface area contributed by atoms with Gasteiger partial charge in [0.15, 0.2) is 5.65 Å². The molecule has 0 saturated heterocycles. The van der Waals surface area contributed by atoms with Gasteiger partial charge in [0.2, 0.25) is 0 Å². The molecule has 6 heteroatoms. The number of aromatic nitrogens is 4. The summed E-state index contributed by atoms with van der Waals surface area (Å²) in [5.41, 5.74) is 1.36. The van der Waals surface area contributed by atoms with Gasteiger partial charge >= 0.3 is 5.69 Å². The third-order valence-corrected chi connectivity index (χ3v) is 3.24. The van der Waals surface area contributed by atoms with Crippen molar-refractivity contribution in [2.24, 2.45) is 5.92 Å². The highest BCUT2D eigenvalue weighted by Crippen LogP contribution is 2.11. The maximum Gasteiger partial charge on any atom is 0.349 e. The molecular weight excluding hydrogens is 242 g/mol. The lowest BCUT2D eigenvalue weighted by Gasteiger charge is -2.18. The minimum atomic E-state index is -0.237. The Morgan fingerprint density at radius 1 is 1.47 bits per heavy atom. The first-order valence-electron chi connectivity index (χ1n) is 6.62. The first kappa shape index (κ1) is 13.7. The monoisotopic (exact) mass is 263 g/mol. The number of aryl methyl sites for hydroxylation is 1. The van der Waals surface area contributed by atoms with Gasteiger partial charge in [-0.3, -0.25) is 0 Å². The summed E-state index contributed by atoms with van der Waals surface area (Å²) >= 11 is 0. The smallest absolute Gasteiger partial charge is 0.317 e. The van der Waals surface area contributed by atoms with Crippen LogP contribution in [0.1, 0.15) is 31.8 Å². The Morgan fingerprint density at radius 2 is 2.21 bits per heavy atom. The van der Waals surface area contributed by atoms with Gasteiger partial charge in [-0.05, 0) is 26.3 Å². The van der Waals surface area contributed by atoms with Gasteiger partial charge in [-0.2, -0.15) is 5.10 Å². The highest BCUT2D eigenvalue weighted by Gasteiger charge is 2.13. The second-order valence-electron chi connectivity index (χ2n) is 5.34. The van der Waals surface area contributed by atoms with Gasteiger partial charge in [-0.1, -0.05) is 13.8 Å². The van der Waals surface area contributed by atoms with E-state index in [-0.39, 0.29) is 5.69 Å². The van der Waals surface area contributed by atoms with Gasteiger partial charge in [-0.25, -0.2) is 19.3 Å². The molecule has 1 atom stereocenters. The van der Waals surface area contributed by atoms with Gasteiger partial charge in [0.1, 0.15) is 5.82 Å². The van der Waals surface area contributed by atoms with Gasteiger partial charge in [-0.15, -0.1) is 0 Å². The van der Waals surface area contributed by atoms with E-state index in [4.69, 9.17) is 0 Å². The van der Waals surface area contributed by atoms with E-state index in [0.29, 0.717) is 23.4 Å². The van der Waals surface area contributed by atoms with Crippen LogP contribution in [0.3, 0.4) is 0 Å². The van der Waals surface area contributed by atoms with E-state index in [0.717, 1.165) is 18.5 Å². The fourth-order valence-corrected chi connectivity index (χ4v) is 2.39. The van der Waals surface area contributed by atoms with Gasteiger partial charge in [0.25, 0.3) is 0 Å². The molecule has 0 aromatic carbocycles. The van der Waals surface area contributed by atoms with E-state index in [1.165, 1.54) is 4.40 Å². The van der Waals surface area contributed by atoms with Crippen LogP contribution < -0.4 is 11.0 Å². The predicted octanol–water partition coefficient (Wildman–Crippen LogP) is 0.903. The molecule has 2 N–H and O–H groups in total. The molecule has 0 amide bonds. The van der Waals surface area contributed by atoms with E-state index in [2.05, 4.69) is 34.3 Å². The van der Waals surface area contributed by atoms with Crippen molar-refractivity contribution >= 4 is 5.65 Å². The molecule has 2 rings (SSSR count). The number of nitrogens with one attached hydrogen (secondary N) is 2. The van der Waals surface area contributed by atoms with Gasteiger partial charge in [0.05, 0.1) is 0 Å². The Balaban J connectivity index is 2.28. The van der Waals surface area contributed by atoms with Crippen molar-refractivity contribution in [1.82, 2.24) is 24.9 Å². The normalized spacial score (nSPS) is 13.3. The highest BCUT2D eigenvalue weighted by molar-refractivity contribution is 5.38. The van der Waals surface area contributed by atoms with Gasteiger partial charge < -0.3 is 5.32 Å². The Bertz CT molecular complexity index is 613. The molecule has 0 fully saturated rings. The Morgan fingerprint density at radius 3 is 2.84 bits per heavy atom. The molecule has 0 saturated carbocycles. The van der Waals surface area contributed by atoms with Crippen molar-refractivity contribution in [3.63, 3.8) is 0 Å². The average molecular weight is 263 g/mol. The van der Waals surface area contributed by atoms with Crippen LogP contribution in [-0.4, -0.2) is 32.7 Å². The summed E-state index contributed by atoms with van der Waals surface area (Å²) in [7, 11) is 1.97. The molecule has 1 unspecified atom stereocenters. The molecule has 2 aromatic rings. The molecule has 0 aliphatic rings. The van der Waals surface area contributed by atoms with Crippen LogP contribution in [-0.2, 0) is 6.42 Å². The molecule has 6 nitrogen and oxygen atoms in total. The molecule has 0 aliphatic carbocycles. The van der Waals surface area contributed by atoms with Crippen molar-refractivity contribution in [2.45, 2.75) is 39.7 Å². The Kier molecular flexibility index (Phi) is 3.99. The SMILES string of the molecule is CNC(Cc1cc2n[nH]c(=O)n2c(C)n1)CC(C)C. The number of fused-ring (bicyclic) bond motifs is 1. The second-order valence-corrected chi connectivity index (χ2v) is 5.34. The number of hydrogen-bond donors (Lipinski definition) is 2. The molecule has 0 aliphatic heterocycles. The Hall–Kier alpha value is -1.69. The van der Waals surface area contributed by atoms with Crippen LogP contribution in [0.2, 0.25) is 0 Å². The number of likely N-dealkylation sites (N-methyl/N-ethyl adjacent to an activating group) is 1. The van der Waals surface area contributed by atoms with Crippen LogP contribution in [0.5, 0.6) is 0 Å². The quantitative estimate of drug-likeness (QED) is 0.840. The zero-order chi connectivity index (χ0) is 14.0. The van der Waals surface area contributed by atoms with Crippen LogP contribution in [0.25, 0.3) is 5.65 Å². The molecule has 0 bridgehead atoms. The number of hydrogen-bond acceptors (Lipinski definition) is 4. The third kappa shape index (κ3) is 3.01. The number of aromatic amines is 1. The molecule has 104 valence electrons. The second kappa shape index (κ2) is 5.52. The van der Waals surface area contributed by atoms with E-state index in [9.17, 15) is 4.79 Å². The van der Waals surface area contributed by atoms with Crippen LogP contribution in [0.4, 0.5) is 0 Å². The lowest BCUT2D eigenvalue weighted by molar-refractivity contribution is 0.438. The van der Waals surface area contributed by atoms with E-state index in [1.807, 2.05) is 20.0 Å². The standard InChI is InChI=1S/C13H21N5O/c1-8(2)5-10(14-4)6-11-7-12-16-17-13(19)18(12)9(3)15-11/h7-8,10,14H,5-6H2,1-4H3,(H,17,19). The first-order chi connectivity index (χ1) is 9.01. The van der Waals surface area contributed by atoms with E-state index in [1.54, 1.807) is 0 Å². The zero-order valence-corrected chi connectivity index (χ0v) is 11.9. The van der Waals surface area contributed by atoms with Crippen LogP contribution in [0.15, 0.2) is 10.9 Å². The summed E-state index contributed by atoms with van der Waals surface area (Å²) in [5.74, 6) is 1.31. The minimum absolute atomic E-state index is 0.237. The summed E-state index contributed by atoms with van der Waals surface area (Å²) in [6.07, 6.45) is 1.93. The van der Waals surface area contributed by atoms with E-state index < -0.39 is 0 Å². The zero-order valence-electron chi connectivity index (χ0n) is 11.9. The Labute approximate surface area is 112 Å². The summed E-state index contributed by atoms with van der Waals surface area (Å²) in [4.78, 5) is 16.0. The van der Waals surface area contributed by atoms with Crippen LogP contribution >= 0.6 is 0 Å². The first-order valence-corrected chi connectivity index (χ1v) is 6.62. The van der Waals surface area contributed by atoms with Crippen molar-refractivity contribution in [3.8, 4) is 0 Å². The lowest BCUT2D eigenvalue weighted by atomic mass is 10.00. The van der Waals surface area contributed by atoms with Crippen molar-refractivity contribution in [1.29, 1.82) is 0 Å². The molecule has 2 heterocycles. The highest BCUT2D eigenvalue weighted by atomic mass is 16.1. The van der Waals surface area contributed by atoms with Crippen LogP contribution in [0, 0.1) is 12.8 Å². The molecule has 19 heavy (non-hydrogen) atoms. The number of rotatable bonds is 5. The average Bonchev–Trinajstić information content (AvgIpc) is 2.70. The van der Waals surface area contributed by atoms with Crippen molar-refractivity contribution in [3.05, 3.63) is 28.1 Å². The van der Waals surface area contributed by atoms with E-state index >= 15 is 0 Å². The predicted molar refractivity (Wildman–Crippen MR) is 74.4 cm³/mol. The molecule has 0 radical (unpaired) electrons.